The molecule has 0 spiro atoms. The van der Waals surface area contributed by atoms with Crippen molar-refractivity contribution in [3.05, 3.63) is 16.6 Å². The Kier molecular flexibility index (Phi) is 2.73. The summed E-state index contributed by atoms with van der Waals surface area (Å²) in [5.41, 5.74) is 0. The first-order chi connectivity index (χ1) is 7.43. The quantitative estimate of drug-likeness (QED) is 0.849. The average Bonchev–Trinajstić information content (AvgIpc) is 2.77. The van der Waals surface area contributed by atoms with Crippen LogP contribution in [0.1, 0.15) is 30.3 Å². The highest BCUT2D eigenvalue weighted by Gasteiger charge is 2.33. The Balaban J connectivity index is 1.74. The number of hydrogen-bond donors (Lipinski definition) is 1. The third-order valence-corrected chi connectivity index (χ3v) is 4.01. The van der Waals surface area contributed by atoms with Crippen LogP contribution in [0.3, 0.4) is 0 Å². The molecule has 2 unspecified atom stereocenters. The van der Waals surface area contributed by atoms with Crippen LogP contribution in [-0.4, -0.2) is 24.2 Å². The summed E-state index contributed by atoms with van der Waals surface area (Å²) in [6.07, 6.45) is 5.73. The topological polar surface area (TPSA) is 34.1 Å². The second-order valence-electron chi connectivity index (χ2n) is 4.41. The van der Waals surface area contributed by atoms with E-state index in [0.717, 1.165) is 19.3 Å². The molecule has 1 aliphatic heterocycles. The molecule has 1 saturated heterocycles. The van der Waals surface area contributed by atoms with Gasteiger partial charge >= 0.3 is 0 Å². The van der Waals surface area contributed by atoms with E-state index < -0.39 is 0 Å². The minimum absolute atomic E-state index is 0.431. The van der Waals surface area contributed by atoms with E-state index in [4.69, 9.17) is 4.74 Å². The molecule has 15 heavy (non-hydrogen) atoms. The minimum atomic E-state index is 0.431. The van der Waals surface area contributed by atoms with Crippen LogP contribution in [0.4, 0.5) is 0 Å². The van der Waals surface area contributed by atoms with Crippen LogP contribution in [-0.2, 0) is 4.74 Å². The fourth-order valence-corrected chi connectivity index (χ4v) is 2.91. The molecule has 2 heterocycles. The Bertz CT molecular complexity index is 304. The Labute approximate surface area is 93.9 Å². The molecule has 1 aromatic rings. The molecule has 3 rings (SSSR count). The van der Waals surface area contributed by atoms with E-state index in [-0.39, 0.29) is 0 Å². The summed E-state index contributed by atoms with van der Waals surface area (Å²) in [6.45, 7) is 1.81. The fraction of sp³-hybridized carbons (Fsp3) is 0.727. The first kappa shape index (κ1) is 9.75. The standard InChI is InChI=1S/C11H16N2OS/c1-2-9(1)13-10(8-3-5-14-7-8)11-12-4-6-15-11/h4,6,8-10,13H,1-3,5,7H2. The molecular weight excluding hydrogens is 208 g/mol. The van der Waals surface area contributed by atoms with Gasteiger partial charge in [-0.2, -0.15) is 0 Å². The molecule has 2 aliphatic rings. The zero-order chi connectivity index (χ0) is 10.1. The van der Waals surface area contributed by atoms with Crippen molar-refractivity contribution in [1.82, 2.24) is 10.3 Å². The van der Waals surface area contributed by atoms with Crippen molar-refractivity contribution < 1.29 is 4.74 Å². The largest absolute Gasteiger partial charge is 0.381 e. The zero-order valence-electron chi connectivity index (χ0n) is 8.69. The molecule has 82 valence electrons. The van der Waals surface area contributed by atoms with Gasteiger partial charge in [0, 0.05) is 30.1 Å². The van der Waals surface area contributed by atoms with E-state index in [0.29, 0.717) is 12.0 Å². The normalized spacial score (nSPS) is 28.1. The number of aromatic nitrogens is 1. The van der Waals surface area contributed by atoms with Gasteiger partial charge in [-0.05, 0) is 19.3 Å². The number of nitrogens with zero attached hydrogens (tertiary/aromatic N) is 1. The lowest BCUT2D eigenvalue weighted by atomic mass is 9.99. The molecule has 1 aromatic heterocycles. The molecule has 4 heteroatoms. The number of hydrogen-bond acceptors (Lipinski definition) is 4. The summed E-state index contributed by atoms with van der Waals surface area (Å²) in [6, 6.07) is 1.17. The van der Waals surface area contributed by atoms with Gasteiger partial charge in [0.15, 0.2) is 0 Å². The van der Waals surface area contributed by atoms with Gasteiger partial charge < -0.3 is 10.1 Å². The van der Waals surface area contributed by atoms with Crippen molar-refractivity contribution in [3.63, 3.8) is 0 Å². The number of ether oxygens (including phenoxy) is 1. The fourth-order valence-electron chi connectivity index (χ4n) is 2.12. The van der Waals surface area contributed by atoms with Crippen LogP contribution in [0, 0.1) is 5.92 Å². The van der Waals surface area contributed by atoms with E-state index in [1.807, 2.05) is 6.20 Å². The number of thiazole rings is 1. The van der Waals surface area contributed by atoms with Gasteiger partial charge in [0.1, 0.15) is 5.01 Å². The van der Waals surface area contributed by atoms with E-state index in [2.05, 4.69) is 15.7 Å². The van der Waals surface area contributed by atoms with Gasteiger partial charge in [-0.3, -0.25) is 0 Å². The molecule has 3 nitrogen and oxygen atoms in total. The second kappa shape index (κ2) is 4.20. The lowest BCUT2D eigenvalue weighted by Crippen LogP contribution is -2.30. The highest BCUT2D eigenvalue weighted by Crippen LogP contribution is 2.33. The maximum atomic E-state index is 5.47. The van der Waals surface area contributed by atoms with Gasteiger partial charge in [0.25, 0.3) is 0 Å². The summed E-state index contributed by atoms with van der Waals surface area (Å²) in [7, 11) is 0. The molecule has 0 radical (unpaired) electrons. The third kappa shape index (κ3) is 2.22. The molecule has 0 amide bonds. The van der Waals surface area contributed by atoms with Gasteiger partial charge in [-0.15, -0.1) is 11.3 Å². The Morgan fingerprint density at radius 3 is 3.00 bits per heavy atom. The SMILES string of the molecule is c1csc(C(NC2CC2)C2CCOC2)n1. The van der Waals surface area contributed by atoms with Crippen molar-refractivity contribution in [2.45, 2.75) is 31.3 Å². The van der Waals surface area contributed by atoms with Crippen molar-refractivity contribution in [2.75, 3.05) is 13.2 Å². The van der Waals surface area contributed by atoms with Crippen molar-refractivity contribution in [3.8, 4) is 0 Å². The van der Waals surface area contributed by atoms with Gasteiger partial charge in [-0.25, -0.2) is 4.98 Å². The van der Waals surface area contributed by atoms with Gasteiger partial charge in [-0.1, -0.05) is 0 Å². The molecule has 0 bridgehead atoms. The Morgan fingerprint density at radius 2 is 2.40 bits per heavy atom. The van der Waals surface area contributed by atoms with Gasteiger partial charge in [0.2, 0.25) is 0 Å². The summed E-state index contributed by atoms with van der Waals surface area (Å²) in [4.78, 5) is 4.44. The lowest BCUT2D eigenvalue weighted by molar-refractivity contribution is 0.176. The molecular formula is C11H16N2OS. The molecule has 1 N–H and O–H groups in total. The van der Waals surface area contributed by atoms with Crippen molar-refractivity contribution in [2.24, 2.45) is 5.92 Å². The molecule has 2 fully saturated rings. The highest BCUT2D eigenvalue weighted by atomic mass is 32.1. The van der Waals surface area contributed by atoms with Crippen LogP contribution in [0.2, 0.25) is 0 Å². The monoisotopic (exact) mass is 224 g/mol. The third-order valence-electron chi connectivity index (χ3n) is 3.15. The van der Waals surface area contributed by atoms with E-state index >= 15 is 0 Å². The van der Waals surface area contributed by atoms with Crippen LogP contribution < -0.4 is 5.32 Å². The maximum absolute atomic E-state index is 5.47. The summed E-state index contributed by atoms with van der Waals surface area (Å²) >= 11 is 1.76. The smallest absolute Gasteiger partial charge is 0.110 e. The molecule has 0 aromatic carbocycles. The van der Waals surface area contributed by atoms with Crippen LogP contribution in [0.5, 0.6) is 0 Å². The maximum Gasteiger partial charge on any atom is 0.110 e. The predicted octanol–water partition coefficient (Wildman–Crippen LogP) is 1.97. The number of rotatable bonds is 4. The number of nitrogens with one attached hydrogen (secondary N) is 1. The van der Waals surface area contributed by atoms with Crippen molar-refractivity contribution >= 4 is 11.3 Å². The molecule has 2 atom stereocenters. The summed E-state index contributed by atoms with van der Waals surface area (Å²) < 4.78 is 5.47. The average molecular weight is 224 g/mol. The Hall–Kier alpha value is -0.450. The lowest BCUT2D eigenvalue weighted by Gasteiger charge is -2.21. The van der Waals surface area contributed by atoms with E-state index in [1.54, 1.807) is 11.3 Å². The summed E-state index contributed by atoms with van der Waals surface area (Å²) in [5.74, 6) is 0.622. The van der Waals surface area contributed by atoms with Crippen LogP contribution in [0.25, 0.3) is 0 Å². The summed E-state index contributed by atoms with van der Waals surface area (Å²) in [5, 5.41) is 7.00. The Morgan fingerprint density at radius 1 is 1.47 bits per heavy atom. The second-order valence-corrected chi connectivity index (χ2v) is 5.34. The molecule has 1 aliphatic carbocycles. The van der Waals surface area contributed by atoms with Crippen LogP contribution >= 0.6 is 11.3 Å². The minimum Gasteiger partial charge on any atom is -0.381 e. The van der Waals surface area contributed by atoms with Crippen LogP contribution in [0.15, 0.2) is 11.6 Å². The highest BCUT2D eigenvalue weighted by molar-refractivity contribution is 7.09. The first-order valence-electron chi connectivity index (χ1n) is 5.66. The molecule has 1 saturated carbocycles. The van der Waals surface area contributed by atoms with Crippen molar-refractivity contribution in [1.29, 1.82) is 0 Å². The van der Waals surface area contributed by atoms with E-state index in [1.165, 1.54) is 24.3 Å². The predicted molar refractivity (Wildman–Crippen MR) is 59.9 cm³/mol. The van der Waals surface area contributed by atoms with E-state index in [9.17, 15) is 0 Å². The van der Waals surface area contributed by atoms with Gasteiger partial charge in [0.05, 0.1) is 12.6 Å². The zero-order valence-corrected chi connectivity index (χ0v) is 9.50. The first-order valence-corrected chi connectivity index (χ1v) is 6.54.